The quantitative estimate of drug-likeness (QED) is 0.467. The van der Waals surface area contributed by atoms with Crippen molar-refractivity contribution in [1.82, 2.24) is 25.4 Å². The van der Waals surface area contributed by atoms with E-state index in [1.165, 1.54) is 18.5 Å². The average molecular weight is 535 g/mol. The van der Waals surface area contributed by atoms with Crippen molar-refractivity contribution in [3.63, 3.8) is 0 Å². The molecule has 9 nitrogen and oxygen atoms in total. The van der Waals surface area contributed by atoms with E-state index in [0.29, 0.717) is 39.5 Å². The number of aromatic nitrogens is 3. The number of halogens is 2. The van der Waals surface area contributed by atoms with Crippen LogP contribution in [0.3, 0.4) is 0 Å². The highest BCUT2D eigenvalue weighted by atomic mass is 79.9. The molecule has 0 amide bonds. The van der Waals surface area contributed by atoms with Crippen LogP contribution >= 0.6 is 15.9 Å². The number of nitrogens with one attached hydrogen (secondary N) is 2. The number of amidine groups is 1. The number of H-pyrrole nitrogens is 1. The standard InChI is InChI=1S/C23H28BrFN6O3/c1-4-34-22(32)18-16(11-31-9-5-6-17(31)23(2,3)33)28-21(20-26-12-27-30-20)29-19(18)14-8-7-13(25)10-15(14)24/h7-8,10,12,17,19,33H,4-6,9,11H2,1-3H3,(H,28,29)(H,26,27,30). The van der Waals surface area contributed by atoms with Crippen LogP contribution in [-0.4, -0.2) is 68.3 Å². The van der Waals surface area contributed by atoms with E-state index in [0.717, 1.165) is 19.4 Å². The molecule has 0 radical (unpaired) electrons. The van der Waals surface area contributed by atoms with E-state index in [2.05, 4.69) is 41.3 Å². The summed E-state index contributed by atoms with van der Waals surface area (Å²) in [5.74, 6) is -0.202. The summed E-state index contributed by atoms with van der Waals surface area (Å²) in [5.41, 5.74) is 0.619. The number of rotatable bonds is 7. The van der Waals surface area contributed by atoms with Gasteiger partial charge in [0, 0.05) is 22.8 Å². The van der Waals surface area contributed by atoms with Gasteiger partial charge in [-0.25, -0.2) is 14.2 Å². The summed E-state index contributed by atoms with van der Waals surface area (Å²) in [4.78, 5) is 24.3. The molecule has 1 aromatic heterocycles. The van der Waals surface area contributed by atoms with Crippen molar-refractivity contribution in [2.75, 3.05) is 19.7 Å². The molecule has 2 unspecified atom stereocenters. The van der Waals surface area contributed by atoms with Crippen molar-refractivity contribution in [2.45, 2.75) is 51.3 Å². The zero-order chi connectivity index (χ0) is 24.5. The van der Waals surface area contributed by atoms with Crippen LogP contribution in [0.15, 0.2) is 45.3 Å². The van der Waals surface area contributed by atoms with Crippen LogP contribution in [0.2, 0.25) is 0 Å². The smallest absolute Gasteiger partial charge is 0.338 e. The van der Waals surface area contributed by atoms with Crippen molar-refractivity contribution in [2.24, 2.45) is 4.99 Å². The van der Waals surface area contributed by atoms with Gasteiger partial charge in [-0.3, -0.25) is 15.0 Å². The van der Waals surface area contributed by atoms with E-state index in [1.54, 1.807) is 26.8 Å². The van der Waals surface area contributed by atoms with Crippen LogP contribution < -0.4 is 5.32 Å². The second-order valence-electron chi connectivity index (χ2n) is 8.89. The molecule has 34 heavy (non-hydrogen) atoms. The minimum atomic E-state index is -0.907. The number of aliphatic hydroxyl groups is 1. The Balaban J connectivity index is 1.83. The number of carbonyl (C=O) groups excluding carboxylic acids is 1. The van der Waals surface area contributed by atoms with Gasteiger partial charge in [0.15, 0.2) is 5.84 Å². The Morgan fingerprint density at radius 2 is 2.21 bits per heavy atom. The van der Waals surface area contributed by atoms with Gasteiger partial charge < -0.3 is 15.2 Å². The third-order valence-corrected chi connectivity index (χ3v) is 6.73. The third-order valence-electron chi connectivity index (χ3n) is 6.05. The van der Waals surface area contributed by atoms with Crippen molar-refractivity contribution in [3.05, 3.63) is 57.5 Å². The summed E-state index contributed by atoms with van der Waals surface area (Å²) < 4.78 is 19.7. The highest BCUT2D eigenvalue weighted by Gasteiger charge is 2.39. The number of likely N-dealkylation sites (tertiary alicyclic amines) is 1. The lowest BCUT2D eigenvalue weighted by Crippen LogP contribution is -2.48. The number of benzene rings is 1. The Morgan fingerprint density at radius 1 is 1.41 bits per heavy atom. The summed E-state index contributed by atoms with van der Waals surface area (Å²) in [7, 11) is 0. The topological polar surface area (TPSA) is 116 Å². The fourth-order valence-electron chi connectivity index (χ4n) is 4.57. The zero-order valence-corrected chi connectivity index (χ0v) is 20.9. The second kappa shape index (κ2) is 9.93. The normalized spacial score (nSPS) is 21.4. The van der Waals surface area contributed by atoms with Crippen LogP contribution in [0.1, 0.15) is 51.0 Å². The summed E-state index contributed by atoms with van der Waals surface area (Å²) in [6.07, 6.45) is 3.23. The van der Waals surface area contributed by atoms with E-state index >= 15 is 0 Å². The van der Waals surface area contributed by atoms with Crippen molar-refractivity contribution in [3.8, 4) is 0 Å². The Labute approximate surface area is 205 Å². The lowest BCUT2D eigenvalue weighted by Gasteiger charge is -2.36. The van der Waals surface area contributed by atoms with Gasteiger partial charge in [-0.1, -0.05) is 22.0 Å². The first-order valence-corrected chi connectivity index (χ1v) is 12.0. The molecule has 2 aliphatic rings. The summed E-state index contributed by atoms with van der Waals surface area (Å²) >= 11 is 3.43. The van der Waals surface area contributed by atoms with E-state index in [4.69, 9.17) is 9.73 Å². The van der Waals surface area contributed by atoms with E-state index in [9.17, 15) is 14.3 Å². The van der Waals surface area contributed by atoms with Gasteiger partial charge in [-0.15, -0.1) is 0 Å². The van der Waals surface area contributed by atoms with E-state index in [1.807, 2.05) is 0 Å². The molecule has 0 bridgehead atoms. The predicted octanol–water partition coefficient (Wildman–Crippen LogP) is 2.85. The molecule has 11 heteroatoms. The molecular formula is C23H28BrFN6O3. The Kier molecular flexibility index (Phi) is 7.15. The minimum absolute atomic E-state index is 0.0768. The lowest BCUT2D eigenvalue weighted by atomic mass is 9.94. The fraction of sp³-hybridized carbons (Fsp3) is 0.478. The molecule has 2 aromatic rings. The van der Waals surface area contributed by atoms with Gasteiger partial charge in [0.1, 0.15) is 18.2 Å². The number of hydrogen-bond acceptors (Lipinski definition) is 8. The molecule has 1 fully saturated rings. The molecule has 2 atom stereocenters. The van der Waals surface area contributed by atoms with Crippen LogP contribution in [0.5, 0.6) is 0 Å². The van der Waals surface area contributed by atoms with Gasteiger partial charge in [0.25, 0.3) is 0 Å². The monoisotopic (exact) mass is 534 g/mol. The number of nitrogens with zero attached hydrogens (tertiary/aromatic N) is 4. The van der Waals surface area contributed by atoms with Crippen LogP contribution in [0.4, 0.5) is 4.39 Å². The van der Waals surface area contributed by atoms with Crippen LogP contribution in [0.25, 0.3) is 0 Å². The first-order chi connectivity index (χ1) is 16.2. The van der Waals surface area contributed by atoms with Crippen LogP contribution in [0, 0.1) is 5.82 Å². The van der Waals surface area contributed by atoms with Gasteiger partial charge in [0.05, 0.1) is 17.8 Å². The van der Waals surface area contributed by atoms with Gasteiger partial charge in [0.2, 0.25) is 5.82 Å². The molecule has 0 spiro atoms. The molecule has 2 aliphatic heterocycles. The summed E-state index contributed by atoms with van der Waals surface area (Å²) in [6.45, 7) is 6.66. The maximum atomic E-state index is 13.9. The summed E-state index contributed by atoms with van der Waals surface area (Å²) in [5, 5.41) is 20.8. The van der Waals surface area contributed by atoms with E-state index in [-0.39, 0.29) is 12.6 Å². The molecule has 4 rings (SSSR count). The molecule has 1 aromatic carbocycles. The first-order valence-electron chi connectivity index (χ1n) is 11.2. The highest BCUT2D eigenvalue weighted by molar-refractivity contribution is 9.10. The molecule has 182 valence electrons. The Hall–Kier alpha value is -2.63. The number of aliphatic imine (C=N–C) groups is 1. The second-order valence-corrected chi connectivity index (χ2v) is 9.74. The maximum absolute atomic E-state index is 13.9. The minimum Gasteiger partial charge on any atom is -0.463 e. The van der Waals surface area contributed by atoms with Gasteiger partial charge in [-0.2, -0.15) is 5.10 Å². The van der Waals surface area contributed by atoms with Crippen LogP contribution in [-0.2, 0) is 9.53 Å². The summed E-state index contributed by atoms with van der Waals surface area (Å²) in [6, 6.07) is 3.42. The largest absolute Gasteiger partial charge is 0.463 e. The third kappa shape index (κ3) is 5.06. The lowest BCUT2D eigenvalue weighted by molar-refractivity contribution is -0.139. The van der Waals surface area contributed by atoms with E-state index < -0.39 is 23.4 Å². The highest BCUT2D eigenvalue weighted by Crippen LogP contribution is 2.37. The predicted molar refractivity (Wildman–Crippen MR) is 127 cm³/mol. The van der Waals surface area contributed by atoms with Crippen molar-refractivity contribution < 1.29 is 19.0 Å². The molecule has 1 saturated heterocycles. The Bertz CT molecular complexity index is 1110. The van der Waals surface area contributed by atoms with Crippen molar-refractivity contribution >= 4 is 27.7 Å². The molecule has 3 N–H and O–H groups in total. The van der Waals surface area contributed by atoms with Crippen molar-refractivity contribution in [1.29, 1.82) is 0 Å². The Morgan fingerprint density at radius 3 is 2.85 bits per heavy atom. The molecule has 0 saturated carbocycles. The number of aromatic amines is 1. The number of hydrogen-bond donors (Lipinski definition) is 3. The molecule has 3 heterocycles. The molecular weight excluding hydrogens is 507 g/mol. The maximum Gasteiger partial charge on any atom is 0.338 e. The van der Waals surface area contributed by atoms with Gasteiger partial charge >= 0.3 is 5.97 Å². The number of esters is 1. The van der Waals surface area contributed by atoms with Gasteiger partial charge in [-0.05, 0) is 57.9 Å². The zero-order valence-electron chi connectivity index (χ0n) is 19.3. The fourth-order valence-corrected chi connectivity index (χ4v) is 5.14. The number of ether oxygens (including phenoxy) is 1. The number of carbonyl (C=O) groups is 1. The SMILES string of the molecule is CCOC(=O)C1=C(CN2CCCC2C(C)(C)O)NC(c2nc[nH]n2)=NC1c1ccc(F)cc1Br. The first kappa shape index (κ1) is 24.5. The molecule has 0 aliphatic carbocycles. The average Bonchev–Trinajstić information content (AvgIpc) is 3.45.